The minimum Gasteiger partial charge on any atom is -0.481 e. The first kappa shape index (κ1) is 18.7. The number of carbonyl (C=O) groups excluding carboxylic acids is 1. The van der Waals surface area contributed by atoms with Crippen LogP contribution < -0.4 is 10.1 Å². The highest BCUT2D eigenvalue weighted by Gasteiger charge is 2.22. The van der Waals surface area contributed by atoms with Crippen LogP contribution in [-0.4, -0.2) is 12.0 Å². The first-order valence-electron chi connectivity index (χ1n) is 9.19. The lowest BCUT2D eigenvalue weighted by molar-refractivity contribution is -0.127. The molecule has 0 fully saturated rings. The third-order valence-corrected chi connectivity index (χ3v) is 4.59. The second kappa shape index (κ2) is 8.54. The van der Waals surface area contributed by atoms with Gasteiger partial charge in [-0.1, -0.05) is 66.7 Å². The van der Waals surface area contributed by atoms with E-state index in [1.807, 2.05) is 73.7 Å². The molecule has 1 amide bonds. The molecule has 0 saturated heterocycles. The first-order valence-corrected chi connectivity index (χ1v) is 9.19. The maximum Gasteiger partial charge on any atom is 0.261 e. The molecule has 0 unspecified atom stereocenters. The van der Waals surface area contributed by atoms with E-state index in [2.05, 4.69) is 24.4 Å². The maximum absolute atomic E-state index is 12.9. The lowest BCUT2D eigenvalue weighted by Gasteiger charge is -2.24. The average Bonchev–Trinajstić information content (AvgIpc) is 2.67. The zero-order valence-corrected chi connectivity index (χ0v) is 16.0. The molecule has 0 aliphatic carbocycles. The van der Waals surface area contributed by atoms with Gasteiger partial charge < -0.3 is 10.1 Å². The average molecular weight is 359 g/mol. The Morgan fingerprint density at radius 3 is 2.30 bits per heavy atom. The Bertz CT molecular complexity index is 905. The lowest BCUT2D eigenvalue weighted by atomic mass is 9.95. The van der Waals surface area contributed by atoms with Crippen molar-refractivity contribution in [2.45, 2.75) is 32.9 Å². The highest BCUT2D eigenvalue weighted by atomic mass is 16.5. The smallest absolute Gasteiger partial charge is 0.261 e. The molecular weight excluding hydrogens is 334 g/mol. The second-order valence-electron chi connectivity index (χ2n) is 6.79. The number of benzene rings is 3. The van der Waals surface area contributed by atoms with Crippen molar-refractivity contribution >= 4 is 5.91 Å². The van der Waals surface area contributed by atoms with Crippen molar-refractivity contribution in [3.63, 3.8) is 0 Å². The highest BCUT2D eigenvalue weighted by Crippen LogP contribution is 2.25. The molecule has 0 aliphatic heterocycles. The van der Waals surface area contributed by atoms with Gasteiger partial charge in [-0.2, -0.15) is 0 Å². The number of carbonyl (C=O) groups is 1. The van der Waals surface area contributed by atoms with Crippen LogP contribution in [0.5, 0.6) is 5.75 Å². The molecule has 0 bridgehead atoms. The van der Waals surface area contributed by atoms with Gasteiger partial charge in [-0.05, 0) is 55.2 Å². The summed E-state index contributed by atoms with van der Waals surface area (Å²) in [5, 5.41) is 3.16. The van der Waals surface area contributed by atoms with Gasteiger partial charge >= 0.3 is 0 Å². The van der Waals surface area contributed by atoms with E-state index in [0.29, 0.717) is 5.75 Å². The molecule has 3 aromatic rings. The summed E-state index contributed by atoms with van der Waals surface area (Å²) < 4.78 is 5.85. The number of hydrogen-bond donors (Lipinski definition) is 1. The van der Waals surface area contributed by atoms with Gasteiger partial charge in [0.25, 0.3) is 5.91 Å². The van der Waals surface area contributed by atoms with E-state index in [1.54, 1.807) is 6.92 Å². The third-order valence-electron chi connectivity index (χ3n) is 4.59. The van der Waals surface area contributed by atoms with Gasteiger partial charge in [0.1, 0.15) is 5.75 Å². The van der Waals surface area contributed by atoms with E-state index in [0.717, 1.165) is 22.3 Å². The van der Waals surface area contributed by atoms with E-state index in [-0.39, 0.29) is 11.9 Å². The fourth-order valence-corrected chi connectivity index (χ4v) is 3.10. The van der Waals surface area contributed by atoms with Crippen LogP contribution in [0.2, 0.25) is 0 Å². The van der Waals surface area contributed by atoms with Gasteiger partial charge in [-0.3, -0.25) is 4.79 Å². The molecule has 0 spiro atoms. The van der Waals surface area contributed by atoms with Gasteiger partial charge in [0.2, 0.25) is 0 Å². The third kappa shape index (κ3) is 4.76. The van der Waals surface area contributed by atoms with Crippen LogP contribution in [0.3, 0.4) is 0 Å². The van der Waals surface area contributed by atoms with Crippen molar-refractivity contribution in [1.82, 2.24) is 5.32 Å². The molecule has 138 valence electrons. The molecule has 3 rings (SSSR count). The normalized spacial score (nSPS) is 12.9. The van der Waals surface area contributed by atoms with Crippen LogP contribution >= 0.6 is 0 Å². The lowest BCUT2D eigenvalue weighted by Crippen LogP contribution is -2.39. The van der Waals surface area contributed by atoms with E-state index in [9.17, 15) is 4.79 Å². The number of aryl methyl sites for hydroxylation is 2. The Hall–Kier alpha value is -3.07. The predicted molar refractivity (Wildman–Crippen MR) is 109 cm³/mol. The van der Waals surface area contributed by atoms with Gasteiger partial charge in [0.05, 0.1) is 6.04 Å². The molecule has 1 N–H and O–H groups in total. The number of ether oxygens (including phenoxy) is 1. The highest BCUT2D eigenvalue weighted by molar-refractivity contribution is 5.81. The Morgan fingerprint density at radius 2 is 1.59 bits per heavy atom. The molecule has 3 nitrogen and oxygen atoms in total. The molecular formula is C24H25NO2. The minimum atomic E-state index is -0.595. The molecule has 0 heterocycles. The monoisotopic (exact) mass is 359 g/mol. The maximum atomic E-state index is 12.9. The summed E-state index contributed by atoms with van der Waals surface area (Å²) in [7, 11) is 0. The summed E-state index contributed by atoms with van der Waals surface area (Å²) in [5.74, 6) is 0.554. The summed E-state index contributed by atoms with van der Waals surface area (Å²) in [6, 6.07) is 25.6. The molecule has 27 heavy (non-hydrogen) atoms. The van der Waals surface area contributed by atoms with Crippen LogP contribution in [0.1, 0.15) is 35.2 Å². The summed E-state index contributed by atoms with van der Waals surface area (Å²) in [6.07, 6.45) is -0.595. The Labute approximate surface area is 161 Å². The predicted octanol–water partition coefficient (Wildman–Crippen LogP) is 4.98. The molecule has 0 radical (unpaired) electrons. The fourth-order valence-electron chi connectivity index (χ4n) is 3.10. The van der Waals surface area contributed by atoms with Gasteiger partial charge in [-0.25, -0.2) is 0 Å². The standard InChI is InChI=1S/C24H25NO2/c1-17-10-9-14-21(16-17)27-19(3)24(26)25-23(20-12-5-4-6-13-20)22-15-8-7-11-18(22)2/h4-16,19,23H,1-3H3,(H,25,26)/t19-,23+/m0/s1. The van der Waals surface area contributed by atoms with Gasteiger partial charge in [-0.15, -0.1) is 0 Å². The van der Waals surface area contributed by atoms with E-state index in [1.165, 1.54) is 0 Å². The Morgan fingerprint density at radius 1 is 0.889 bits per heavy atom. The topological polar surface area (TPSA) is 38.3 Å². The second-order valence-corrected chi connectivity index (χ2v) is 6.79. The van der Waals surface area contributed by atoms with Crippen LogP contribution in [0.4, 0.5) is 0 Å². The largest absolute Gasteiger partial charge is 0.481 e. The van der Waals surface area contributed by atoms with Crippen molar-refractivity contribution in [3.05, 3.63) is 101 Å². The zero-order chi connectivity index (χ0) is 19.2. The first-order chi connectivity index (χ1) is 13.0. The van der Waals surface area contributed by atoms with Gasteiger partial charge in [0.15, 0.2) is 6.10 Å². The van der Waals surface area contributed by atoms with Crippen LogP contribution in [0.15, 0.2) is 78.9 Å². The molecule has 3 heteroatoms. The molecule has 2 atom stereocenters. The van der Waals surface area contributed by atoms with Crippen molar-refractivity contribution in [2.75, 3.05) is 0 Å². The number of nitrogens with one attached hydrogen (secondary N) is 1. The summed E-state index contributed by atoms with van der Waals surface area (Å²) in [4.78, 5) is 12.9. The van der Waals surface area contributed by atoms with Crippen molar-refractivity contribution in [2.24, 2.45) is 0 Å². The fraction of sp³-hybridized carbons (Fsp3) is 0.208. The van der Waals surface area contributed by atoms with Crippen molar-refractivity contribution in [1.29, 1.82) is 0 Å². The Balaban J connectivity index is 1.81. The zero-order valence-electron chi connectivity index (χ0n) is 16.0. The summed E-state index contributed by atoms with van der Waals surface area (Å²) in [5.41, 5.74) is 4.36. The number of amides is 1. The number of hydrogen-bond acceptors (Lipinski definition) is 2. The quantitative estimate of drug-likeness (QED) is 0.674. The van der Waals surface area contributed by atoms with Crippen LogP contribution in [0, 0.1) is 13.8 Å². The van der Waals surface area contributed by atoms with E-state index < -0.39 is 6.10 Å². The van der Waals surface area contributed by atoms with Gasteiger partial charge in [0, 0.05) is 0 Å². The SMILES string of the molecule is Cc1cccc(O[C@@H](C)C(=O)N[C@H](c2ccccc2)c2ccccc2C)c1. The van der Waals surface area contributed by atoms with E-state index in [4.69, 9.17) is 4.74 Å². The van der Waals surface area contributed by atoms with E-state index >= 15 is 0 Å². The van der Waals surface area contributed by atoms with Crippen molar-refractivity contribution in [3.8, 4) is 5.75 Å². The molecule has 3 aromatic carbocycles. The molecule has 0 aliphatic rings. The molecule has 0 saturated carbocycles. The number of rotatable bonds is 6. The summed E-state index contributed by atoms with van der Waals surface area (Å²) >= 11 is 0. The minimum absolute atomic E-state index is 0.145. The molecule has 0 aromatic heterocycles. The van der Waals surface area contributed by atoms with Crippen LogP contribution in [-0.2, 0) is 4.79 Å². The summed E-state index contributed by atoms with van der Waals surface area (Å²) in [6.45, 7) is 5.84. The van der Waals surface area contributed by atoms with Crippen molar-refractivity contribution < 1.29 is 9.53 Å². The Kier molecular flexibility index (Phi) is 5.92. The van der Waals surface area contributed by atoms with Crippen LogP contribution in [0.25, 0.3) is 0 Å².